The van der Waals surface area contributed by atoms with Crippen molar-refractivity contribution in [2.45, 2.75) is 0 Å². The van der Waals surface area contributed by atoms with Gasteiger partial charge in [-0.2, -0.15) is 0 Å². The van der Waals surface area contributed by atoms with E-state index in [4.69, 9.17) is 9.15 Å². The van der Waals surface area contributed by atoms with Crippen LogP contribution in [0.2, 0.25) is 0 Å². The van der Waals surface area contributed by atoms with E-state index < -0.39 is 5.97 Å². The predicted octanol–water partition coefficient (Wildman–Crippen LogP) is 2.23. The van der Waals surface area contributed by atoms with Gasteiger partial charge in [-0.1, -0.05) is 0 Å². The highest BCUT2D eigenvalue weighted by Gasteiger charge is 2.14. The van der Waals surface area contributed by atoms with Gasteiger partial charge in [0.25, 0.3) is 0 Å². The zero-order chi connectivity index (χ0) is 10.8. The Bertz CT molecular complexity index is 498. The number of carbonyl (C=O) groups is 1. The first kappa shape index (κ1) is 9.58. The maximum atomic E-state index is 11.4. The Morgan fingerprint density at radius 3 is 2.80 bits per heavy atom. The van der Waals surface area contributed by atoms with Gasteiger partial charge in [-0.25, -0.2) is 4.79 Å². The number of ether oxygens (including phenoxy) is 2. The fourth-order valence-electron chi connectivity index (χ4n) is 1.43. The zero-order valence-electron chi connectivity index (χ0n) is 8.44. The number of benzene rings is 1. The lowest BCUT2D eigenvalue weighted by atomic mass is 10.1. The normalized spacial score (nSPS) is 10.3. The summed E-state index contributed by atoms with van der Waals surface area (Å²) >= 11 is 0. The summed E-state index contributed by atoms with van der Waals surface area (Å²) < 4.78 is 14.9. The molecule has 0 atom stereocenters. The SMILES string of the molecule is COC(=O)c1cc2ccoc2cc1OC. The van der Waals surface area contributed by atoms with Crippen molar-refractivity contribution in [3.8, 4) is 5.75 Å². The summed E-state index contributed by atoms with van der Waals surface area (Å²) in [5.41, 5.74) is 1.08. The van der Waals surface area contributed by atoms with E-state index in [1.165, 1.54) is 14.2 Å². The van der Waals surface area contributed by atoms with Gasteiger partial charge in [0.1, 0.15) is 16.9 Å². The molecule has 1 heterocycles. The first-order chi connectivity index (χ1) is 7.26. The molecule has 0 amide bonds. The van der Waals surface area contributed by atoms with Gasteiger partial charge in [-0.05, 0) is 12.1 Å². The molecular weight excluding hydrogens is 196 g/mol. The second-order valence-electron chi connectivity index (χ2n) is 3.00. The van der Waals surface area contributed by atoms with Crippen molar-refractivity contribution >= 4 is 16.9 Å². The van der Waals surface area contributed by atoms with Crippen LogP contribution in [0, 0.1) is 0 Å². The molecule has 78 valence electrons. The second-order valence-corrected chi connectivity index (χ2v) is 3.00. The quantitative estimate of drug-likeness (QED) is 0.707. The molecule has 0 radical (unpaired) electrons. The van der Waals surface area contributed by atoms with Gasteiger partial charge in [-0.3, -0.25) is 0 Å². The molecule has 0 aliphatic carbocycles. The fraction of sp³-hybridized carbons (Fsp3) is 0.182. The van der Waals surface area contributed by atoms with Gasteiger partial charge in [0, 0.05) is 11.5 Å². The van der Waals surface area contributed by atoms with E-state index in [1.807, 2.05) is 0 Å². The molecule has 1 aromatic carbocycles. The van der Waals surface area contributed by atoms with Crippen molar-refractivity contribution in [1.29, 1.82) is 0 Å². The standard InChI is InChI=1S/C11H10O4/c1-13-10-6-9-7(3-4-15-9)5-8(10)11(12)14-2/h3-6H,1-2H3. The van der Waals surface area contributed by atoms with Crippen LogP contribution in [-0.4, -0.2) is 20.2 Å². The number of furan rings is 1. The van der Waals surface area contributed by atoms with E-state index >= 15 is 0 Å². The molecule has 0 bridgehead atoms. The van der Waals surface area contributed by atoms with Crippen LogP contribution in [0.3, 0.4) is 0 Å². The van der Waals surface area contributed by atoms with Crippen LogP contribution in [0.5, 0.6) is 5.75 Å². The molecule has 0 unspecified atom stereocenters. The lowest BCUT2D eigenvalue weighted by Gasteiger charge is -2.06. The molecule has 15 heavy (non-hydrogen) atoms. The van der Waals surface area contributed by atoms with Gasteiger partial charge in [0.05, 0.1) is 20.5 Å². The first-order valence-corrected chi connectivity index (χ1v) is 4.40. The Kier molecular flexibility index (Phi) is 2.33. The van der Waals surface area contributed by atoms with E-state index in [1.54, 1.807) is 24.5 Å². The Balaban J connectivity index is 2.64. The van der Waals surface area contributed by atoms with Gasteiger partial charge in [0.2, 0.25) is 0 Å². The maximum absolute atomic E-state index is 11.4. The summed E-state index contributed by atoms with van der Waals surface area (Å²) in [5, 5.41) is 0.844. The molecule has 1 aromatic heterocycles. The van der Waals surface area contributed by atoms with Crippen molar-refractivity contribution in [3.05, 3.63) is 30.0 Å². The van der Waals surface area contributed by atoms with E-state index in [0.717, 1.165) is 5.39 Å². The Hall–Kier alpha value is -1.97. The Morgan fingerprint density at radius 2 is 2.13 bits per heavy atom. The molecule has 0 aliphatic rings. The monoisotopic (exact) mass is 206 g/mol. The summed E-state index contributed by atoms with van der Waals surface area (Å²) in [5.74, 6) is 0.0271. The highest BCUT2D eigenvalue weighted by molar-refractivity contribution is 5.97. The number of fused-ring (bicyclic) bond motifs is 1. The lowest BCUT2D eigenvalue weighted by molar-refractivity contribution is 0.0597. The minimum Gasteiger partial charge on any atom is -0.496 e. The van der Waals surface area contributed by atoms with Crippen LogP contribution in [0.25, 0.3) is 11.0 Å². The topological polar surface area (TPSA) is 48.7 Å². The van der Waals surface area contributed by atoms with Crippen LogP contribution < -0.4 is 4.74 Å². The minimum atomic E-state index is -0.421. The van der Waals surface area contributed by atoms with Gasteiger partial charge < -0.3 is 13.9 Å². The number of rotatable bonds is 2. The van der Waals surface area contributed by atoms with Gasteiger partial charge in [-0.15, -0.1) is 0 Å². The van der Waals surface area contributed by atoms with Crippen LogP contribution in [0.4, 0.5) is 0 Å². The Labute approximate surface area is 86.4 Å². The Morgan fingerprint density at radius 1 is 1.33 bits per heavy atom. The second kappa shape index (κ2) is 3.65. The summed E-state index contributed by atoms with van der Waals surface area (Å²) in [6.07, 6.45) is 1.56. The molecule has 0 fully saturated rings. The third-order valence-corrected chi connectivity index (χ3v) is 2.18. The molecular formula is C11H10O4. The van der Waals surface area contributed by atoms with Crippen molar-refractivity contribution in [3.63, 3.8) is 0 Å². The molecule has 4 heteroatoms. The predicted molar refractivity (Wildman–Crippen MR) is 54.1 cm³/mol. The highest BCUT2D eigenvalue weighted by atomic mass is 16.5. The summed E-state index contributed by atoms with van der Waals surface area (Å²) in [4.78, 5) is 11.4. The van der Waals surface area contributed by atoms with Gasteiger partial charge >= 0.3 is 5.97 Å². The summed E-state index contributed by atoms with van der Waals surface area (Å²) in [6, 6.07) is 5.13. The average molecular weight is 206 g/mol. The first-order valence-electron chi connectivity index (χ1n) is 4.40. The summed E-state index contributed by atoms with van der Waals surface area (Å²) in [6.45, 7) is 0. The molecule has 0 N–H and O–H groups in total. The van der Waals surface area contributed by atoms with Crippen molar-refractivity contribution < 1.29 is 18.7 Å². The smallest absolute Gasteiger partial charge is 0.341 e. The van der Waals surface area contributed by atoms with Crippen molar-refractivity contribution in [2.75, 3.05) is 14.2 Å². The van der Waals surface area contributed by atoms with E-state index in [0.29, 0.717) is 16.9 Å². The van der Waals surface area contributed by atoms with E-state index in [-0.39, 0.29) is 0 Å². The molecule has 0 aliphatic heterocycles. The summed E-state index contributed by atoms with van der Waals surface area (Å²) in [7, 11) is 2.83. The largest absolute Gasteiger partial charge is 0.496 e. The van der Waals surface area contributed by atoms with Crippen molar-refractivity contribution in [1.82, 2.24) is 0 Å². The third-order valence-electron chi connectivity index (χ3n) is 2.18. The number of hydrogen-bond acceptors (Lipinski definition) is 4. The van der Waals surface area contributed by atoms with Crippen LogP contribution in [-0.2, 0) is 4.74 Å². The molecule has 0 saturated heterocycles. The van der Waals surface area contributed by atoms with E-state index in [2.05, 4.69) is 4.74 Å². The van der Waals surface area contributed by atoms with Crippen LogP contribution >= 0.6 is 0 Å². The molecule has 0 spiro atoms. The molecule has 2 aromatic rings. The molecule has 0 saturated carbocycles. The number of esters is 1. The van der Waals surface area contributed by atoms with Crippen molar-refractivity contribution in [2.24, 2.45) is 0 Å². The van der Waals surface area contributed by atoms with Crippen LogP contribution in [0.15, 0.2) is 28.9 Å². The number of methoxy groups -OCH3 is 2. The molecule has 2 rings (SSSR count). The highest BCUT2D eigenvalue weighted by Crippen LogP contribution is 2.27. The average Bonchev–Trinajstić information content (AvgIpc) is 2.73. The number of hydrogen-bond donors (Lipinski definition) is 0. The lowest BCUT2D eigenvalue weighted by Crippen LogP contribution is -2.03. The van der Waals surface area contributed by atoms with Crippen LogP contribution in [0.1, 0.15) is 10.4 Å². The zero-order valence-corrected chi connectivity index (χ0v) is 8.44. The van der Waals surface area contributed by atoms with Gasteiger partial charge in [0.15, 0.2) is 0 Å². The minimum absolute atomic E-state index is 0.397. The number of carbonyl (C=O) groups excluding carboxylic acids is 1. The third kappa shape index (κ3) is 1.54. The maximum Gasteiger partial charge on any atom is 0.341 e. The molecule has 4 nitrogen and oxygen atoms in total. The van der Waals surface area contributed by atoms with E-state index in [9.17, 15) is 4.79 Å². The fourth-order valence-corrected chi connectivity index (χ4v) is 1.43.